The van der Waals surface area contributed by atoms with Crippen LogP contribution in [0.4, 0.5) is 11.6 Å². The van der Waals surface area contributed by atoms with Crippen molar-refractivity contribution in [1.82, 2.24) is 19.6 Å². The monoisotopic (exact) mass is 439 g/mol. The maximum absolute atomic E-state index is 5.54. The van der Waals surface area contributed by atoms with Crippen molar-refractivity contribution in [2.45, 2.75) is 0 Å². The SMILES string of the molecule is C(=N\Nc1cc(N2CCOCC2)n2nc(-c3ccncc3)cc2n1)/c1ccc2occc2c1. The van der Waals surface area contributed by atoms with Gasteiger partial charge in [0.05, 0.1) is 31.4 Å². The first-order valence-electron chi connectivity index (χ1n) is 10.7. The molecule has 0 aliphatic carbocycles. The summed E-state index contributed by atoms with van der Waals surface area (Å²) in [5.74, 6) is 1.59. The minimum Gasteiger partial charge on any atom is -0.464 e. The summed E-state index contributed by atoms with van der Waals surface area (Å²) in [5, 5.41) is 10.3. The lowest BCUT2D eigenvalue weighted by molar-refractivity contribution is 0.122. The number of hydrazone groups is 1. The van der Waals surface area contributed by atoms with Crippen molar-refractivity contribution in [2.75, 3.05) is 36.6 Å². The number of nitrogens with one attached hydrogen (secondary N) is 1. The molecule has 1 fully saturated rings. The lowest BCUT2D eigenvalue weighted by Crippen LogP contribution is -2.37. The molecular formula is C24H21N7O2. The topological polar surface area (TPSA) is 93.1 Å². The number of hydrogen-bond acceptors (Lipinski definition) is 8. The summed E-state index contributed by atoms with van der Waals surface area (Å²) in [6.45, 7) is 2.94. The van der Waals surface area contributed by atoms with Crippen molar-refractivity contribution in [1.29, 1.82) is 0 Å². The van der Waals surface area contributed by atoms with Gasteiger partial charge in [0.2, 0.25) is 0 Å². The Balaban J connectivity index is 1.34. The summed E-state index contributed by atoms with van der Waals surface area (Å²) in [6, 6.07) is 15.7. The predicted molar refractivity (Wildman–Crippen MR) is 127 cm³/mol. The molecule has 0 bridgehead atoms. The first kappa shape index (κ1) is 19.4. The zero-order valence-corrected chi connectivity index (χ0v) is 17.8. The van der Waals surface area contributed by atoms with Gasteiger partial charge in [-0.3, -0.25) is 10.4 Å². The largest absolute Gasteiger partial charge is 0.464 e. The number of fused-ring (bicyclic) bond motifs is 2. The van der Waals surface area contributed by atoms with Gasteiger partial charge in [-0.05, 0) is 42.0 Å². The van der Waals surface area contributed by atoms with Crippen LogP contribution < -0.4 is 10.3 Å². The van der Waals surface area contributed by atoms with Crippen molar-refractivity contribution in [3.63, 3.8) is 0 Å². The highest BCUT2D eigenvalue weighted by Gasteiger charge is 2.18. The molecule has 9 nitrogen and oxygen atoms in total. The molecular weight excluding hydrogens is 418 g/mol. The minimum absolute atomic E-state index is 0.644. The van der Waals surface area contributed by atoms with Crippen LogP contribution >= 0.6 is 0 Å². The molecule has 1 saturated heterocycles. The summed E-state index contributed by atoms with van der Waals surface area (Å²) >= 11 is 0. The number of ether oxygens (including phenoxy) is 1. The number of anilines is 2. The molecule has 0 radical (unpaired) electrons. The fourth-order valence-electron chi connectivity index (χ4n) is 3.94. The van der Waals surface area contributed by atoms with Crippen LogP contribution in [0.1, 0.15) is 5.56 Å². The first-order valence-corrected chi connectivity index (χ1v) is 10.7. The summed E-state index contributed by atoms with van der Waals surface area (Å²) in [6.07, 6.45) is 6.98. The second kappa shape index (κ2) is 8.36. The average molecular weight is 439 g/mol. The molecule has 1 N–H and O–H groups in total. The Bertz CT molecular complexity index is 1440. The van der Waals surface area contributed by atoms with Gasteiger partial charge in [-0.2, -0.15) is 14.7 Å². The van der Waals surface area contributed by atoms with E-state index < -0.39 is 0 Å². The van der Waals surface area contributed by atoms with E-state index in [1.165, 1.54) is 0 Å². The number of hydrogen-bond donors (Lipinski definition) is 1. The van der Waals surface area contributed by atoms with E-state index in [-0.39, 0.29) is 0 Å². The number of rotatable bonds is 5. The quantitative estimate of drug-likeness (QED) is 0.329. The van der Waals surface area contributed by atoms with Gasteiger partial charge in [-0.15, -0.1) is 0 Å². The lowest BCUT2D eigenvalue weighted by Gasteiger charge is -2.29. The highest BCUT2D eigenvalue weighted by Crippen LogP contribution is 2.25. The zero-order chi connectivity index (χ0) is 22.0. The Morgan fingerprint density at radius 3 is 2.76 bits per heavy atom. The van der Waals surface area contributed by atoms with Crippen molar-refractivity contribution in [3.8, 4) is 11.3 Å². The molecule has 1 aliphatic heterocycles. The van der Waals surface area contributed by atoms with Gasteiger partial charge in [0.1, 0.15) is 11.4 Å². The Morgan fingerprint density at radius 2 is 1.88 bits per heavy atom. The molecule has 5 heterocycles. The molecule has 0 saturated carbocycles. The van der Waals surface area contributed by atoms with Gasteiger partial charge in [-0.25, -0.2) is 4.98 Å². The van der Waals surface area contributed by atoms with Crippen LogP contribution in [0, 0.1) is 0 Å². The smallest absolute Gasteiger partial charge is 0.160 e. The number of furan rings is 1. The molecule has 164 valence electrons. The van der Waals surface area contributed by atoms with Crippen LogP contribution in [-0.2, 0) is 4.74 Å². The van der Waals surface area contributed by atoms with Gasteiger partial charge in [0, 0.05) is 48.6 Å². The normalized spacial score (nSPS) is 14.5. The first-order chi connectivity index (χ1) is 16.3. The van der Waals surface area contributed by atoms with E-state index in [1.54, 1.807) is 24.9 Å². The number of pyridine rings is 1. The molecule has 0 spiro atoms. The molecule has 9 heteroatoms. The summed E-state index contributed by atoms with van der Waals surface area (Å²) in [4.78, 5) is 11.1. The predicted octanol–water partition coefficient (Wildman–Crippen LogP) is 3.82. The number of nitrogens with zero attached hydrogens (tertiary/aromatic N) is 6. The number of morpholine rings is 1. The third-order valence-electron chi connectivity index (χ3n) is 5.59. The molecule has 5 aromatic rings. The Labute approximate surface area is 189 Å². The number of benzene rings is 1. The molecule has 0 atom stereocenters. The van der Waals surface area contributed by atoms with Crippen LogP contribution in [0.5, 0.6) is 0 Å². The van der Waals surface area contributed by atoms with Crippen LogP contribution in [-0.4, -0.2) is 52.1 Å². The van der Waals surface area contributed by atoms with Crippen LogP contribution in [0.25, 0.3) is 27.9 Å². The minimum atomic E-state index is 0.644. The van der Waals surface area contributed by atoms with E-state index in [1.807, 2.05) is 53.0 Å². The van der Waals surface area contributed by atoms with Gasteiger partial charge in [0.15, 0.2) is 11.5 Å². The van der Waals surface area contributed by atoms with Crippen molar-refractivity contribution >= 4 is 34.5 Å². The molecule has 0 amide bonds. The van der Waals surface area contributed by atoms with E-state index >= 15 is 0 Å². The van der Waals surface area contributed by atoms with Crippen LogP contribution in [0.3, 0.4) is 0 Å². The standard InChI is InChI=1S/C24H21N7O2/c1-2-21-19(5-10-33-21)13-17(1)16-26-28-22-15-24(30-8-11-32-12-9-30)31-23(27-22)14-20(29-31)18-3-6-25-7-4-18/h1-7,10,13-16H,8-9,11-12H2,(H,27,28)/b26-16+. The molecule has 1 aliphatic rings. The van der Waals surface area contributed by atoms with Crippen molar-refractivity contribution < 1.29 is 9.15 Å². The second-order valence-electron chi connectivity index (χ2n) is 7.72. The van der Waals surface area contributed by atoms with E-state index in [2.05, 4.69) is 20.4 Å². The molecule has 6 rings (SSSR count). The molecule has 4 aromatic heterocycles. The molecule has 33 heavy (non-hydrogen) atoms. The van der Waals surface area contributed by atoms with E-state index in [4.69, 9.17) is 19.2 Å². The van der Waals surface area contributed by atoms with Gasteiger partial charge in [-0.1, -0.05) is 0 Å². The third kappa shape index (κ3) is 3.90. The second-order valence-corrected chi connectivity index (χ2v) is 7.72. The van der Waals surface area contributed by atoms with E-state index in [0.717, 1.165) is 52.3 Å². The summed E-state index contributed by atoms with van der Waals surface area (Å²) in [5.41, 5.74) is 7.48. The van der Waals surface area contributed by atoms with E-state index in [9.17, 15) is 0 Å². The van der Waals surface area contributed by atoms with Crippen LogP contribution in [0.2, 0.25) is 0 Å². The average Bonchev–Trinajstić information content (AvgIpc) is 3.51. The van der Waals surface area contributed by atoms with Gasteiger partial charge in [0.25, 0.3) is 0 Å². The lowest BCUT2D eigenvalue weighted by atomic mass is 10.2. The summed E-state index contributed by atoms with van der Waals surface area (Å²) < 4.78 is 12.8. The fourth-order valence-corrected chi connectivity index (χ4v) is 3.94. The van der Waals surface area contributed by atoms with Gasteiger partial charge < -0.3 is 14.1 Å². The Morgan fingerprint density at radius 1 is 1.00 bits per heavy atom. The Kier molecular flexibility index (Phi) is 4.93. The third-order valence-corrected chi connectivity index (χ3v) is 5.59. The molecule has 0 unspecified atom stereocenters. The van der Waals surface area contributed by atoms with Crippen molar-refractivity contribution in [2.24, 2.45) is 5.10 Å². The van der Waals surface area contributed by atoms with Crippen molar-refractivity contribution in [3.05, 3.63) is 72.8 Å². The zero-order valence-electron chi connectivity index (χ0n) is 17.8. The van der Waals surface area contributed by atoms with E-state index in [0.29, 0.717) is 19.0 Å². The summed E-state index contributed by atoms with van der Waals surface area (Å²) in [7, 11) is 0. The maximum Gasteiger partial charge on any atom is 0.160 e. The number of aromatic nitrogens is 4. The molecule has 1 aromatic carbocycles. The van der Waals surface area contributed by atoms with Crippen LogP contribution in [0.15, 0.2) is 76.7 Å². The maximum atomic E-state index is 5.54. The highest BCUT2D eigenvalue weighted by molar-refractivity contribution is 5.88. The highest BCUT2D eigenvalue weighted by atomic mass is 16.5. The fraction of sp³-hybridized carbons (Fsp3) is 0.167. The Hall–Kier alpha value is -4.24. The van der Waals surface area contributed by atoms with Gasteiger partial charge >= 0.3 is 0 Å².